The van der Waals surface area contributed by atoms with E-state index >= 15 is 0 Å². The number of hydrogen-bond acceptors (Lipinski definition) is 9. The molecule has 0 saturated carbocycles. The number of ether oxygens (including phenoxy) is 5. The van der Waals surface area contributed by atoms with Crippen LogP contribution >= 0.6 is 22.6 Å². The third-order valence-corrected chi connectivity index (χ3v) is 7.51. The smallest absolute Gasteiger partial charge is 0.338 e. The molecule has 14 heteroatoms. The zero-order chi connectivity index (χ0) is 33.9. The third-order valence-electron chi connectivity index (χ3n) is 6.71. The van der Waals surface area contributed by atoms with Crippen LogP contribution < -0.4 is 35.0 Å². The second-order valence-corrected chi connectivity index (χ2v) is 11.1. The number of nitrogens with zero attached hydrogens (tertiary/aromatic N) is 1. The van der Waals surface area contributed by atoms with Gasteiger partial charge in [-0.2, -0.15) is 5.10 Å². The summed E-state index contributed by atoms with van der Waals surface area (Å²) >= 11 is 2.09. The van der Waals surface area contributed by atoms with Crippen LogP contribution in [0.3, 0.4) is 0 Å². The molecule has 47 heavy (non-hydrogen) atoms. The number of methoxy groups -OCH3 is 1. The second kappa shape index (κ2) is 16.6. The number of carbonyl (C=O) groups excluding carboxylic acids is 3. The van der Waals surface area contributed by atoms with Gasteiger partial charge in [0.05, 0.1) is 41.7 Å². The molecule has 0 fully saturated rings. The highest BCUT2D eigenvalue weighted by atomic mass is 127. The molecule has 1 aliphatic heterocycles. The zero-order valence-electron chi connectivity index (χ0n) is 26.1. The maximum Gasteiger partial charge on any atom is 0.338 e. The van der Waals surface area contributed by atoms with E-state index in [1.165, 1.54) is 19.4 Å². The van der Waals surface area contributed by atoms with Crippen LogP contribution in [0.2, 0.25) is 0 Å². The van der Waals surface area contributed by atoms with Crippen LogP contribution in [-0.2, 0) is 20.9 Å². The Kier molecular flexibility index (Phi) is 12.4. The fourth-order valence-corrected chi connectivity index (χ4v) is 5.37. The molecule has 3 N–H and O–H groups in total. The Morgan fingerprint density at radius 2 is 1.81 bits per heavy atom. The van der Waals surface area contributed by atoms with Gasteiger partial charge >= 0.3 is 12.0 Å². The van der Waals surface area contributed by atoms with E-state index < -0.39 is 23.9 Å². The summed E-state index contributed by atoms with van der Waals surface area (Å²) in [6.07, 6.45) is 1.45. The van der Waals surface area contributed by atoms with Crippen molar-refractivity contribution < 1.29 is 42.5 Å². The average molecular weight is 761 g/mol. The normalized spacial score (nSPS) is 14.3. The van der Waals surface area contributed by atoms with Crippen molar-refractivity contribution in [3.05, 3.63) is 91.9 Å². The number of benzene rings is 3. The molecule has 0 bridgehead atoms. The van der Waals surface area contributed by atoms with Gasteiger partial charge in [-0.05, 0) is 84.8 Å². The van der Waals surface area contributed by atoms with Crippen LogP contribution in [0, 0.1) is 9.39 Å². The van der Waals surface area contributed by atoms with E-state index in [4.69, 9.17) is 23.7 Å². The van der Waals surface area contributed by atoms with Crippen molar-refractivity contribution in [1.82, 2.24) is 16.1 Å². The van der Waals surface area contributed by atoms with Gasteiger partial charge in [-0.1, -0.05) is 24.3 Å². The van der Waals surface area contributed by atoms with Crippen molar-refractivity contribution in [2.75, 3.05) is 26.9 Å². The maximum atomic E-state index is 14.1. The van der Waals surface area contributed by atoms with Crippen molar-refractivity contribution in [3.63, 3.8) is 0 Å². The van der Waals surface area contributed by atoms with E-state index in [1.54, 1.807) is 62.4 Å². The highest BCUT2D eigenvalue weighted by Gasteiger charge is 2.32. The van der Waals surface area contributed by atoms with Gasteiger partial charge in [0.25, 0.3) is 5.91 Å². The van der Waals surface area contributed by atoms with Gasteiger partial charge in [0.15, 0.2) is 29.6 Å². The average Bonchev–Trinajstić information content (AvgIpc) is 3.04. The minimum atomic E-state index is -0.790. The van der Waals surface area contributed by atoms with Crippen molar-refractivity contribution in [3.8, 4) is 23.0 Å². The molecule has 0 spiro atoms. The number of esters is 1. The van der Waals surface area contributed by atoms with Crippen molar-refractivity contribution in [1.29, 1.82) is 0 Å². The van der Waals surface area contributed by atoms with Crippen molar-refractivity contribution in [2.45, 2.75) is 33.4 Å². The number of rotatable bonds is 14. The number of hydrazone groups is 1. The van der Waals surface area contributed by atoms with E-state index in [9.17, 15) is 18.8 Å². The van der Waals surface area contributed by atoms with Crippen LogP contribution in [0.5, 0.6) is 23.0 Å². The zero-order valence-corrected chi connectivity index (χ0v) is 28.3. The molecule has 0 aliphatic carbocycles. The molecule has 1 atom stereocenters. The topological polar surface area (TPSA) is 146 Å². The summed E-state index contributed by atoms with van der Waals surface area (Å²) in [5.41, 5.74) is 4.64. The second-order valence-electron chi connectivity index (χ2n) is 9.93. The molecule has 0 unspecified atom stereocenters. The first-order valence-corrected chi connectivity index (χ1v) is 15.6. The third kappa shape index (κ3) is 9.12. The molecule has 0 saturated heterocycles. The standard InChI is InChI=1S/C33H34FIN4O8/c1-5-44-27-14-20(13-24(35)31(27)47-17-22-9-7-8-10-23(22)34)16-36-39-28(40)18-46-25-12-11-21(15-26(25)43-4)30-29(32(41)45-6-2)19(3)37-33(42)38-30/h7-16,30H,5-6,17-18H2,1-4H3,(H,39,40)(H2,37,38,42)/b36-16-/t30-/m1/s1. The molecule has 1 heterocycles. The summed E-state index contributed by atoms with van der Waals surface area (Å²) in [5.74, 6) is 0.00236. The van der Waals surface area contributed by atoms with E-state index in [2.05, 4.69) is 43.8 Å². The van der Waals surface area contributed by atoms with Crippen LogP contribution in [0.25, 0.3) is 0 Å². The summed E-state index contributed by atoms with van der Waals surface area (Å²) in [7, 11) is 1.43. The van der Waals surface area contributed by atoms with Gasteiger partial charge in [0.1, 0.15) is 12.4 Å². The summed E-state index contributed by atoms with van der Waals surface area (Å²) in [4.78, 5) is 37.3. The van der Waals surface area contributed by atoms with Crippen LogP contribution in [0.15, 0.2) is 71.0 Å². The van der Waals surface area contributed by atoms with E-state index in [-0.39, 0.29) is 42.7 Å². The minimum absolute atomic E-state index is 0.0275. The highest BCUT2D eigenvalue weighted by molar-refractivity contribution is 14.1. The lowest BCUT2D eigenvalue weighted by atomic mass is 9.95. The fraction of sp³-hybridized carbons (Fsp3) is 0.273. The Morgan fingerprint density at radius 3 is 2.53 bits per heavy atom. The molecule has 3 amide bonds. The monoisotopic (exact) mass is 760 g/mol. The number of urea groups is 1. The van der Waals surface area contributed by atoms with Crippen molar-refractivity contribution in [2.24, 2.45) is 5.10 Å². The Labute approximate surface area is 284 Å². The largest absolute Gasteiger partial charge is 0.493 e. The number of amides is 3. The number of hydrogen-bond donors (Lipinski definition) is 3. The molecule has 3 aromatic rings. The summed E-state index contributed by atoms with van der Waals surface area (Å²) < 4.78 is 42.7. The summed E-state index contributed by atoms with van der Waals surface area (Å²) in [6.45, 7) is 5.34. The lowest BCUT2D eigenvalue weighted by Gasteiger charge is -2.28. The summed E-state index contributed by atoms with van der Waals surface area (Å²) in [5, 5.41) is 9.34. The number of carbonyl (C=O) groups is 3. The number of allylic oxidation sites excluding steroid dienone is 1. The Morgan fingerprint density at radius 1 is 1.02 bits per heavy atom. The van der Waals surface area contributed by atoms with Crippen molar-refractivity contribution >= 4 is 46.7 Å². The Hall–Kier alpha value is -4.86. The quantitative estimate of drug-likeness (QED) is 0.0888. The molecule has 248 valence electrons. The van der Waals surface area contributed by atoms with Crippen LogP contribution in [0.1, 0.15) is 43.5 Å². The number of nitrogens with one attached hydrogen (secondary N) is 3. The van der Waals surface area contributed by atoms with Gasteiger partial charge in [-0.25, -0.2) is 19.4 Å². The molecule has 1 aliphatic rings. The molecule has 3 aromatic carbocycles. The van der Waals surface area contributed by atoms with E-state index in [0.29, 0.717) is 44.1 Å². The van der Waals surface area contributed by atoms with Crippen LogP contribution in [0.4, 0.5) is 9.18 Å². The van der Waals surface area contributed by atoms with E-state index in [1.807, 2.05) is 6.92 Å². The first kappa shape index (κ1) is 35.0. The summed E-state index contributed by atoms with van der Waals surface area (Å²) in [6, 6.07) is 13.4. The first-order valence-electron chi connectivity index (χ1n) is 14.6. The molecular weight excluding hydrogens is 726 g/mol. The molecular formula is C33H34FIN4O8. The predicted octanol–water partition coefficient (Wildman–Crippen LogP) is 5.14. The van der Waals surface area contributed by atoms with Gasteiger partial charge in [-0.3, -0.25) is 4.79 Å². The minimum Gasteiger partial charge on any atom is -0.493 e. The lowest BCUT2D eigenvalue weighted by Crippen LogP contribution is -2.45. The molecule has 0 radical (unpaired) electrons. The fourth-order valence-electron chi connectivity index (χ4n) is 4.59. The highest BCUT2D eigenvalue weighted by Crippen LogP contribution is 2.36. The Balaban J connectivity index is 1.39. The van der Waals surface area contributed by atoms with Gasteiger partial charge in [-0.15, -0.1) is 0 Å². The SMILES string of the molecule is CCOC(=O)C1=C(C)NC(=O)N[C@@H]1c1ccc(OCC(=O)N/N=C\c2cc(I)c(OCc3ccccc3F)c(OCC)c2)c(OC)c1. The lowest BCUT2D eigenvalue weighted by molar-refractivity contribution is -0.139. The number of halogens is 2. The maximum absolute atomic E-state index is 14.1. The molecule has 0 aromatic heterocycles. The van der Waals surface area contributed by atoms with Gasteiger partial charge < -0.3 is 34.3 Å². The van der Waals surface area contributed by atoms with E-state index in [0.717, 1.165) is 0 Å². The predicted molar refractivity (Wildman–Crippen MR) is 179 cm³/mol. The van der Waals surface area contributed by atoms with Gasteiger partial charge in [0.2, 0.25) is 0 Å². The molecule has 4 rings (SSSR count). The van der Waals surface area contributed by atoms with Crippen LogP contribution in [-0.4, -0.2) is 51.1 Å². The Bertz CT molecular complexity index is 1700. The van der Waals surface area contributed by atoms with Gasteiger partial charge in [0, 0.05) is 11.3 Å². The first-order chi connectivity index (χ1) is 22.6. The molecule has 12 nitrogen and oxygen atoms in total.